The van der Waals surface area contributed by atoms with E-state index >= 15 is 0 Å². The Morgan fingerprint density at radius 2 is 2.18 bits per heavy atom. The molecule has 1 heterocycles. The second-order valence-electron chi connectivity index (χ2n) is 6.57. The molecular weight excluding hydrogens is 298 g/mol. The molecule has 1 aromatic heterocycles. The number of aryl methyl sites for hydroxylation is 1. The number of thiazole rings is 1. The maximum Gasteiger partial charge on any atom is 0.315 e. The van der Waals surface area contributed by atoms with Crippen LogP contribution in [0.4, 0.5) is 4.79 Å². The zero-order valence-corrected chi connectivity index (χ0v) is 14.5. The van der Waals surface area contributed by atoms with E-state index in [1.807, 2.05) is 26.2 Å². The second kappa shape index (κ2) is 7.42. The van der Waals surface area contributed by atoms with Crippen LogP contribution in [0.15, 0.2) is 5.38 Å². The summed E-state index contributed by atoms with van der Waals surface area (Å²) in [6, 6.07) is -0.380. The third-order valence-electron chi connectivity index (χ3n) is 4.45. The van der Waals surface area contributed by atoms with E-state index in [1.54, 1.807) is 11.3 Å². The lowest BCUT2D eigenvalue weighted by molar-refractivity contribution is -0.0131. The summed E-state index contributed by atoms with van der Waals surface area (Å²) >= 11 is 1.54. The summed E-state index contributed by atoms with van der Waals surface area (Å²) in [6.07, 6.45) is 5.70. The lowest BCUT2D eigenvalue weighted by Crippen LogP contribution is -2.49. The Kier molecular flexibility index (Phi) is 5.81. The van der Waals surface area contributed by atoms with Gasteiger partial charge in [-0.1, -0.05) is 19.3 Å². The summed E-state index contributed by atoms with van der Waals surface area (Å²) in [5, 5.41) is 19.1. The van der Waals surface area contributed by atoms with Gasteiger partial charge in [0.15, 0.2) is 0 Å². The van der Waals surface area contributed by atoms with Crippen LogP contribution in [0.3, 0.4) is 0 Å². The first-order valence-electron chi connectivity index (χ1n) is 8.07. The lowest BCUT2D eigenvalue weighted by atomic mass is 9.78. The van der Waals surface area contributed by atoms with Crippen molar-refractivity contribution >= 4 is 17.4 Å². The Labute approximate surface area is 136 Å². The Hall–Kier alpha value is -1.14. The first kappa shape index (κ1) is 17.2. The summed E-state index contributed by atoms with van der Waals surface area (Å²) in [7, 11) is 0. The smallest absolute Gasteiger partial charge is 0.315 e. The molecule has 0 spiro atoms. The minimum atomic E-state index is -0.835. The molecule has 0 aromatic carbocycles. The van der Waals surface area contributed by atoms with Crippen molar-refractivity contribution in [3.05, 3.63) is 16.1 Å². The third-order valence-corrected chi connectivity index (χ3v) is 5.59. The summed E-state index contributed by atoms with van der Waals surface area (Å²) in [6.45, 7) is 5.97. The van der Waals surface area contributed by atoms with Crippen molar-refractivity contribution in [3.63, 3.8) is 0 Å². The molecule has 0 saturated heterocycles. The van der Waals surface area contributed by atoms with Crippen LogP contribution >= 0.6 is 11.3 Å². The fourth-order valence-corrected chi connectivity index (χ4v) is 3.81. The minimum Gasteiger partial charge on any atom is -0.388 e. The molecular formula is C16H27N3O2S. The molecule has 22 heavy (non-hydrogen) atoms. The lowest BCUT2D eigenvalue weighted by Gasteiger charge is -2.35. The van der Waals surface area contributed by atoms with E-state index < -0.39 is 5.60 Å². The van der Waals surface area contributed by atoms with Crippen LogP contribution in [0, 0.1) is 12.8 Å². The summed E-state index contributed by atoms with van der Waals surface area (Å²) in [4.78, 5) is 16.4. The highest BCUT2D eigenvalue weighted by Crippen LogP contribution is 2.32. The number of hydrogen-bond acceptors (Lipinski definition) is 4. The molecule has 2 atom stereocenters. The van der Waals surface area contributed by atoms with Crippen molar-refractivity contribution < 1.29 is 9.90 Å². The van der Waals surface area contributed by atoms with E-state index in [2.05, 4.69) is 15.6 Å². The van der Waals surface area contributed by atoms with Crippen LogP contribution in [-0.4, -0.2) is 28.3 Å². The fourth-order valence-electron chi connectivity index (χ4n) is 3.01. The molecule has 1 saturated carbocycles. The number of rotatable bonds is 5. The van der Waals surface area contributed by atoms with Crippen LogP contribution in [-0.2, 0) is 0 Å². The van der Waals surface area contributed by atoms with Crippen LogP contribution in [0.2, 0.25) is 0 Å². The molecule has 1 aliphatic rings. The van der Waals surface area contributed by atoms with Crippen molar-refractivity contribution in [1.82, 2.24) is 15.6 Å². The van der Waals surface area contributed by atoms with Gasteiger partial charge < -0.3 is 15.7 Å². The molecule has 3 N–H and O–H groups in total. The van der Waals surface area contributed by atoms with Gasteiger partial charge in [-0.3, -0.25) is 0 Å². The van der Waals surface area contributed by atoms with Gasteiger partial charge in [-0.2, -0.15) is 0 Å². The molecule has 6 heteroatoms. The quantitative estimate of drug-likeness (QED) is 0.778. The average Bonchev–Trinajstić information content (AvgIpc) is 2.93. The molecule has 2 rings (SSSR count). The van der Waals surface area contributed by atoms with E-state index in [1.165, 1.54) is 19.3 Å². The zero-order chi connectivity index (χ0) is 16.2. The van der Waals surface area contributed by atoms with E-state index in [4.69, 9.17) is 0 Å². The number of aromatic nitrogens is 1. The molecule has 0 bridgehead atoms. The summed E-state index contributed by atoms with van der Waals surface area (Å²) < 4.78 is 0. The molecule has 0 radical (unpaired) electrons. The van der Waals surface area contributed by atoms with Gasteiger partial charge in [-0.25, -0.2) is 9.78 Å². The van der Waals surface area contributed by atoms with Crippen molar-refractivity contribution in [3.8, 4) is 0 Å². The normalized spacial score (nSPS) is 20.2. The number of carbonyl (C=O) groups is 1. The van der Waals surface area contributed by atoms with Crippen molar-refractivity contribution in [1.29, 1.82) is 0 Å². The largest absolute Gasteiger partial charge is 0.388 e. The number of urea groups is 1. The highest BCUT2D eigenvalue weighted by atomic mass is 32.1. The average molecular weight is 325 g/mol. The van der Waals surface area contributed by atoms with Gasteiger partial charge in [0.1, 0.15) is 5.01 Å². The fraction of sp³-hybridized carbons (Fsp3) is 0.750. The molecule has 1 fully saturated rings. The van der Waals surface area contributed by atoms with Crippen LogP contribution in [0.25, 0.3) is 0 Å². The SMILES string of the molecule is Cc1csc([C@H](C)NC(=O)NC[C@](C)(O)C2CCCCC2)n1. The van der Waals surface area contributed by atoms with Gasteiger partial charge in [0.2, 0.25) is 0 Å². The number of aliphatic hydroxyl groups is 1. The second-order valence-corrected chi connectivity index (χ2v) is 7.46. The minimum absolute atomic E-state index is 0.127. The van der Waals surface area contributed by atoms with E-state index in [-0.39, 0.29) is 24.5 Å². The van der Waals surface area contributed by atoms with Crippen LogP contribution < -0.4 is 10.6 Å². The Morgan fingerprint density at radius 3 is 2.77 bits per heavy atom. The molecule has 5 nitrogen and oxygen atoms in total. The summed E-state index contributed by atoms with van der Waals surface area (Å²) in [5.74, 6) is 0.278. The standard InChI is InChI=1S/C16H27N3O2S/c1-11-9-22-14(18-11)12(2)19-15(20)17-10-16(3,21)13-7-5-4-6-8-13/h9,12-13,21H,4-8,10H2,1-3H3,(H2,17,19,20)/t12-,16-/m0/s1. The summed E-state index contributed by atoms with van der Waals surface area (Å²) in [5.41, 5.74) is 0.132. The van der Waals surface area contributed by atoms with Crippen molar-refractivity contribution in [2.24, 2.45) is 5.92 Å². The molecule has 124 valence electrons. The number of amides is 2. The third kappa shape index (κ3) is 4.68. The predicted octanol–water partition coefficient (Wildman–Crippen LogP) is 3.14. The highest BCUT2D eigenvalue weighted by Gasteiger charge is 2.33. The van der Waals surface area contributed by atoms with Crippen molar-refractivity contribution in [2.45, 2.75) is 64.5 Å². The molecule has 1 aliphatic carbocycles. The monoisotopic (exact) mass is 325 g/mol. The Balaban J connectivity index is 1.79. The van der Waals surface area contributed by atoms with E-state index in [0.29, 0.717) is 0 Å². The first-order valence-corrected chi connectivity index (χ1v) is 8.95. The number of hydrogen-bond donors (Lipinski definition) is 3. The van der Waals surface area contributed by atoms with Gasteiger partial charge in [0.25, 0.3) is 0 Å². The van der Waals surface area contributed by atoms with E-state index in [0.717, 1.165) is 23.5 Å². The topological polar surface area (TPSA) is 74.2 Å². The number of nitrogens with zero attached hydrogens (tertiary/aromatic N) is 1. The maximum absolute atomic E-state index is 12.0. The van der Waals surface area contributed by atoms with Gasteiger partial charge in [0.05, 0.1) is 11.6 Å². The van der Waals surface area contributed by atoms with Crippen LogP contribution in [0.5, 0.6) is 0 Å². The molecule has 2 amide bonds. The van der Waals surface area contributed by atoms with Gasteiger partial charge >= 0.3 is 6.03 Å². The number of carbonyl (C=O) groups excluding carboxylic acids is 1. The molecule has 1 aromatic rings. The first-order chi connectivity index (χ1) is 10.4. The molecule has 0 unspecified atom stereocenters. The van der Waals surface area contributed by atoms with Gasteiger partial charge in [-0.05, 0) is 39.5 Å². The Bertz CT molecular complexity index is 495. The van der Waals surface area contributed by atoms with Gasteiger partial charge in [0, 0.05) is 17.6 Å². The zero-order valence-electron chi connectivity index (χ0n) is 13.7. The number of nitrogens with one attached hydrogen (secondary N) is 2. The van der Waals surface area contributed by atoms with Crippen molar-refractivity contribution in [2.75, 3.05) is 6.54 Å². The van der Waals surface area contributed by atoms with E-state index in [9.17, 15) is 9.90 Å². The maximum atomic E-state index is 12.0. The predicted molar refractivity (Wildman–Crippen MR) is 89.0 cm³/mol. The van der Waals surface area contributed by atoms with Gasteiger partial charge in [-0.15, -0.1) is 11.3 Å². The van der Waals surface area contributed by atoms with Crippen LogP contribution in [0.1, 0.15) is 62.7 Å². The Morgan fingerprint density at radius 1 is 1.50 bits per heavy atom. The molecule has 0 aliphatic heterocycles. The highest BCUT2D eigenvalue weighted by molar-refractivity contribution is 7.09.